The van der Waals surface area contributed by atoms with E-state index >= 15 is 0 Å². The Kier molecular flexibility index (Phi) is 7.07. The molecule has 196 valence electrons. The lowest BCUT2D eigenvalue weighted by molar-refractivity contribution is -0.211. The van der Waals surface area contributed by atoms with Gasteiger partial charge in [-0.15, -0.1) is 5.10 Å². The fourth-order valence-electron chi connectivity index (χ4n) is 4.85. The molecule has 0 aliphatic carbocycles. The Hall–Kier alpha value is -3.58. The van der Waals surface area contributed by atoms with E-state index in [1.165, 1.54) is 29.1 Å². The molecule has 1 amide bonds. The molecule has 2 saturated heterocycles. The van der Waals surface area contributed by atoms with Gasteiger partial charge in [0.25, 0.3) is 5.91 Å². The smallest absolute Gasteiger partial charge is 0.254 e. The third-order valence-corrected chi connectivity index (χ3v) is 6.88. The second-order valence-corrected chi connectivity index (χ2v) is 9.17. The molecule has 1 aromatic heterocycles. The number of aromatic nitrogens is 3. The minimum Gasteiger partial charge on any atom is -0.508 e. The third-order valence-electron chi connectivity index (χ3n) is 6.88. The second-order valence-electron chi connectivity index (χ2n) is 9.17. The number of halogens is 1. The summed E-state index contributed by atoms with van der Waals surface area (Å²) in [5.41, 5.74) is 1.70. The first-order valence-corrected chi connectivity index (χ1v) is 12.0. The van der Waals surface area contributed by atoms with Gasteiger partial charge < -0.3 is 35.0 Å². The summed E-state index contributed by atoms with van der Waals surface area (Å²) < 4.78 is 20.5. The van der Waals surface area contributed by atoms with Crippen molar-refractivity contribution in [2.45, 2.75) is 30.5 Å². The van der Waals surface area contributed by atoms with Crippen molar-refractivity contribution in [3.8, 4) is 17.0 Å². The Morgan fingerprint density at radius 2 is 1.78 bits per heavy atom. The number of aliphatic hydroxyl groups is 3. The Bertz CT molecular complexity index is 1230. The summed E-state index contributed by atoms with van der Waals surface area (Å²) in [6.07, 6.45) is -3.89. The maximum atomic E-state index is 13.7. The molecule has 3 heterocycles. The number of anilines is 1. The van der Waals surface area contributed by atoms with Crippen LogP contribution in [0.25, 0.3) is 11.3 Å². The van der Waals surface area contributed by atoms with Gasteiger partial charge in [-0.3, -0.25) is 4.79 Å². The maximum Gasteiger partial charge on any atom is 0.254 e. The molecule has 3 aromatic rings. The number of ether oxygens (including phenoxy) is 1. The molecule has 0 radical (unpaired) electrons. The number of benzene rings is 2. The van der Waals surface area contributed by atoms with Crippen LogP contribution in [0.4, 0.5) is 10.1 Å². The van der Waals surface area contributed by atoms with Gasteiger partial charge in [0.1, 0.15) is 41.6 Å². The predicted octanol–water partition coefficient (Wildman–Crippen LogP) is 0.161. The van der Waals surface area contributed by atoms with E-state index in [4.69, 9.17) is 4.74 Å². The minimum atomic E-state index is -1.48. The van der Waals surface area contributed by atoms with Crippen molar-refractivity contribution < 1.29 is 34.3 Å². The average molecular weight is 514 g/mol. The van der Waals surface area contributed by atoms with Crippen LogP contribution < -0.4 is 4.90 Å². The van der Waals surface area contributed by atoms with E-state index in [2.05, 4.69) is 15.2 Å². The third kappa shape index (κ3) is 5.01. The normalized spacial score (nSPS) is 26.3. The number of phenols is 1. The van der Waals surface area contributed by atoms with Gasteiger partial charge in [0, 0.05) is 37.4 Å². The number of hydrogen-bond donors (Lipinski definition) is 4. The molecule has 0 unspecified atom stereocenters. The summed E-state index contributed by atoms with van der Waals surface area (Å²) in [6.45, 7) is 1.24. The zero-order chi connectivity index (χ0) is 26.1. The number of hydrogen-bond acceptors (Lipinski definition) is 9. The maximum absolute atomic E-state index is 13.7. The molecule has 37 heavy (non-hydrogen) atoms. The molecule has 4 N–H and O–H groups in total. The van der Waals surface area contributed by atoms with Crippen LogP contribution in [0.3, 0.4) is 0 Å². The highest BCUT2D eigenvalue weighted by Crippen LogP contribution is 2.32. The van der Waals surface area contributed by atoms with E-state index in [-0.39, 0.29) is 5.75 Å². The molecule has 2 aromatic carbocycles. The number of piperazine rings is 1. The lowest BCUT2D eigenvalue weighted by atomic mass is 9.91. The van der Waals surface area contributed by atoms with Gasteiger partial charge in [-0.25, -0.2) is 9.07 Å². The summed E-state index contributed by atoms with van der Waals surface area (Å²) in [6, 6.07) is 11.4. The summed E-state index contributed by atoms with van der Waals surface area (Å²) in [5, 5.41) is 49.3. The van der Waals surface area contributed by atoms with Crippen molar-refractivity contribution >= 4 is 11.6 Å². The van der Waals surface area contributed by atoms with Crippen LogP contribution in [0.15, 0.2) is 54.7 Å². The number of aliphatic hydroxyl groups excluding tert-OH is 3. The van der Waals surface area contributed by atoms with Crippen molar-refractivity contribution in [1.29, 1.82) is 0 Å². The van der Waals surface area contributed by atoms with Gasteiger partial charge >= 0.3 is 0 Å². The van der Waals surface area contributed by atoms with Crippen LogP contribution in [-0.4, -0.2) is 103 Å². The van der Waals surface area contributed by atoms with Crippen molar-refractivity contribution in [1.82, 2.24) is 19.9 Å². The SMILES string of the molecule is O=C([C@@H]1O[C@H](CO)[C@H](O)[C@H](n2cc(-c3cccc(F)c3)nn2)[C@H]1O)N1CCN(c2ccc(O)cc2)CC1. The van der Waals surface area contributed by atoms with Crippen LogP contribution in [0.1, 0.15) is 6.04 Å². The molecule has 2 fully saturated rings. The summed E-state index contributed by atoms with van der Waals surface area (Å²) in [7, 11) is 0. The van der Waals surface area contributed by atoms with Crippen LogP contribution >= 0.6 is 0 Å². The summed E-state index contributed by atoms with van der Waals surface area (Å²) >= 11 is 0. The number of phenolic OH excluding ortho intramolecular Hbond substituents is 1. The molecular formula is C25H28FN5O6. The molecule has 5 atom stereocenters. The highest BCUT2D eigenvalue weighted by atomic mass is 19.1. The topological polar surface area (TPSA) is 144 Å². The van der Waals surface area contributed by atoms with E-state index in [0.717, 1.165) is 5.69 Å². The van der Waals surface area contributed by atoms with Crippen molar-refractivity contribution in [2.75, 3.05) is 37.7 Å². The molecule has 0 saturated carbocycles. The Balaban J connectivity index is 1.32. The fourth-order valence-corrected chi connectivity index (χ4v) is 4.85. The molecular weight excluding hydrogens is 485 g/mol. The van der Waals surface area contributed by atoms with Gasteiger partial charge in [-0.2, -0.15) is 0 Å². The van der Waals surface area contributed by atoms with Crippen LogP contribution in [-0.2, 0) is 9.53 Å². The van der Waals surface area contributed by atoms with Gasteiger partial charge in [0.15, 0.2) is 6.10 Å². The molecule has 2 aliphatic heterocycles. The molecule has 2 aliphatic rings. The monoisotopic (exact) mass is 513 g/mol. The molecule has 5 rings (SSSR count). The van der Waals surface area contributed by atoms with Crippen molar-refractivity contribution in [3.05, 3.63) is 60.5 Å². The summed E-state index contributed by atoms with van der Waals surface area (Å²) in [4.78, 5) is 17.1. The largest absolute Gasteiger partial charge is 0.508 e. The fraction of sp³-hybridized carbons (Fsp3) is 0.400. The van der Waals surface area contributed by atoms with E-state index in [9.17, 15) is 29.6 Å². The predicted molar refractivity (Wildman–Crippen MR) is 129 cm³/mol. The number of rotatable bonds is 5. The van der Waals surface area contributed by atoms with Crippen molar-refractivity contribution in [2.24, 2.45) is 0 Å². The van der Waals surface area contributed by atoms with Gasteiger partial charge in [-0.05, 0) is 36.4 Å². The number of carbonyl (C=O) groups excluding carboxylic acids is 1. The van der Waals surface area contributed by atoms with Gasteiger partial charge in [0.05, 0.1) is 12.8 Å². The number of nitrogens with zero attached hydrogens (tertiary/aromatic N) is 5. The summed E-state index contributed by atoms with van der Waals surface area (Å²) in [5.74, 6) is -0.736. The highest BCUT2D eigenvalue weighted by Gasteiger charge is 2.49. The van der Waals surface area contributed by atoms with E-state index < -0.39 is 48.8 Å². The average Bonchev–Trinajstić information content (AvgIpc) is 3.39. The van der Waals surface area contributed by atoms with E-state index in [0.29, 0.717) is 37.4 Å². The highest BCUT2D eigenvalue weighted by molar-refractivity contribution is 5.82. The van der Waals surface area contributed by atoms with E-state index in [1.807, 2.05) is 0 Å². The Labute approximate surface area is 211 Å². The first-order valence-electron chi connectivity index (χ1n) is 12.0. The van der Waals surface area contributed by atoms with E-state index in [1.54, 1.807) is 35.2 Å². The number of carbonyl (C=O) groups is 1. The standard InChI is InChI=1S/C25H28FN5O6/c26-16-3-1-2-15(12-16)19-13-31(28-27-19)21-22(34)20(14-32)37-24(23(21)35)25(36)30-10-8-29(9-11-30)17-4-6-18(33)7-5-17/h1-7,12-13,20-24,32-35H,8-11,14H2/t20-,21+,22+,23-,24-/m1/s1. The second kappa shape index (κ2) is 10.4. The zero-order valence-electron chi connectivity index (χ0n) is 19.8. The number of aromatic hydroxyl groups is 1. The first kappa shape index (κ1) is 25.1. The lowest BCUT2D eigenvalue weighted by Crippen LogP contribution is -2.62. The Morgan fingerprint density at radius 3 is 2.46 bits per heavy atom. The van der Waals surface area contributed by atoms with Gasteiger partial charge in [-0.1, -0.05) is 17.3 Å². The molecule has 0 bridgehead atoms. The van der Waals surface area contributed by atoms with Crippen molar-refractivity contribution in [3.63, 3.8) is 0 Å². The number of amides is 1. The Morgan fingerprint density at radius 1 is 1.05 bits per heavy atom. The van der Waals surface area contributed by atoms with Crippen LogP contribution in [0.5, 0.6) is 5.75 Å². The van der Waals surface area contributed by atoms with Gasteiger partial charge in [0.2, 0.25) is 0 Å². The zero-order valence-corrected chi connectivity index (χ0v) is 19.8. The molecule has 11 nitrogen and oxygen atoms in total. The first-order chi connectivity index (χ1) is 17.9. The minimum absolute atomic E-state index is 0.173. The molecule has 12 heteroatoms. The quantitative estimate of drug-likeness (QED) is 0.375. The lowest BCUT2D eigenvalue weighted by Gasteiger charge is -2.44. The molecule has 0 spiro atoms. The van der Waals surface area contributed by atoms with Crippen LogP contribution in [0.2, 0.25) is 0 Å². The van der Waals surface area contributed by atoms with Crippen LogP contribution in [0, 0.1) is 5.82 Å².